The second-order valence-corrected chi connectivity index (χ2v) is 6.26. The van der Waals surface area contributed by atoms with Crippen LogP contribution in [-0.2, 0) is 23.5 Å². The molecule has 2 rings (SSSR count). The lowest BCUT2D eigenvalue weighted by Crippen LogP contribution is -2.28. The van der Waals surface area contributed by atoms with Crippen LogP contribution in [0, 0.1) is 0 Å². The Morgan fingerprint density at radius 1 is 1.47 bits per heavy atom. The molecule has 1 aliphatic rings. The van der Waals surface area contributed by atoms with Gasteiger partial charge in [-0.15, -0.1) is 0 Å². The van der Waals surface area contributed by atoms with E-state index in [2.05, 4.69) is 29.1 Å². The number of aromatic nitrogens is 2. The molecule has 0 unspecified atom stereocenters. The average Bonchev–Trinajstić information content (AvgIpc) is 2.43. The molecule has 0 amide bonds. The van der Waals surface area contributed by atoms with Crippen molar-refractivity contribution in [2.24, 2.45) is 0 Å². The van der Waals surface area contributed by atoms with Crippen molar-refractivity contribution in [1.29, 1.82) is 0 Å². The summed E-state index contributed by atoms with van der Waals surface area (Å²) in [4.78, 5) is 20.8. The molecule has 0 saturated heterocycles. The highest BCUT2D eigenvalue weighted by atomic mass is 32.2. The topological polar surface area (TPSA) is 64.1 Å². The number of nitrogens with one attached hydrogen (secondary N) is 1. The van der Waals surface area contributed by atoms with Crippen molar-refractivity contribution >= 4 is 17.7 Å². The van der Waals surface area contributed by atoms with E-state index in [1.807, 2.05) is 0 Å². The van der Waals surface area contributed by atoms with E-state index < -0.39 is 0 Å². The fourth-order valence-corrected chi connectivity index (χ4v) is 2.59. The van der Waals surface area contributed by atoms with Crippen LogP contribution in [0.1, 0.15) is 41.4 Å². The SMILES string of the molecule is COC(=O)c1nc(CSC(C)C)nc2c1CCNC2. The minimum Gasteiger partial charge on any atom is -0.464 e. The smallest absolute Gasteiger partial charge is 0.357 e. The maximum atomic E-state index is 11.8. The molecular weight excluding hydrogens is 262 g/mol. The summed E-state index contributed by atoms with van der Waals surface area (Å²) in [7, 11) is 1.39. The van der Waals surface area contributed by atoms with E-state index in [1.54, 1.807) is 11.8 Å². The Morgan fingerprint density at radius 2 is 2.26 bits per heavy atom. The van der Waals surface area contributed by atoms with E-state index >= 15 is 0 Å². The Bertz CT molecular complexity index is 477. The summed E-state index contributed by atoms with van der Waals surface area (Å²) in [6.45, 7) is 5.80. The highest BCUT2D eigenvalue weighted by Gasteiger charge is 2.22. The first kappa shape index (κ1) is 14.3. The summed E-state index contributed by atoms with van der Waals surface area (Å²) in [5.41, 5.74) is 2.30. The first-order chi connectivity index (χ1) is 9.11. The summed E-state index contributed by atoms with van der Waals surface area (Å²) in [5.74, 6) is 1.06. The van der Waals surface area contributed by atoms with Crippen LogP contribution in [0.2, 0.25) is 0 Å². The number of nitrogens with zero attached hydrogens (tertiary/aromatic N) is 2. The van der Waals surface area contributed by atoms with Gasteiger partial charge in [0.1, 0.15) is 5.82 Å². The maximum absolute atomic E-state index is 11.8. The minimum absolute atomic E-state index is 0.364. The van der Waals surface area contributed by atoms with Crippen molar-refractivity contribution in [3.05, 3.63) is 22.8 Å². The molecular formula is C13H19N3O2S. The molecule has 1 N–H and O–H groups in total. The summed E-state index contributed by atoms with van der Waals surface area (Å²) in [6, 6.07) is 0. The van der Waals surface area contributed by atoms with Crippen molar-refractivity contribution < 1.29 is 9.53 Å². The molecule has 0 fully saturated rings. The third-order valence-electron chi connectivity index (χ3n) is 2.91. The Morgan fingerprint density at radius 3 is 2.95 bits per heavy atom. The van der Waals surface area contributed by atoms with Crippen molar-refractivity contribution in [2.45, 2.75) is 37.8 Å². The quantitative estimate of drug-likeness (QED) is 0.845. The van der Waals surface area contributed by atoms with E-state index in [-0.39, 0.29) is 5.97 Å². The average molecular weight is 281 g/mol. The number of rotatable bonds is 4. The molecule has 0 saturated carbocycles. The van der Waals surface area contributed by atoms with Crippen molar-refractivity contribution in [2.75, 3.05) is 13.7 Å². The molecule has 0 spiro atoms. The Balaban J connectivity index is 2.33. The molecule has 19 heavy (non-hydrogen) atoms. The van der Waals surface area contributed by atoms with E-state index in [0.717, 1.165) is 30.0 Å². The number of hydrogen-bond donors (Lipinski definition) is 1. The van der Waals surface area contributed by atoms with Crippen LogP contribution in [0.4, 0.5) is 0 Å². The second kappa shape index (κ2) is 6.34. The van der Waals surface area contributed by atoms with Gasteiger partial charge < -0.3 is 10.1 Å². The molecule has 6 heteroatoms. The molecule has 104 valence electrons. The van der Waals surface area contributed by atoms with Gasteiger partial charge in [-0.05, 0) is 18.2 Å². The van der Waals surface area contributed by atoms with E-state index in [0.29, 0.717) is 23.3 Å². The van der Waals surface area contributed by atoms with Crippen LogP contribution in [-0.4, -0.2) is 34.8 Å². The molecule has 5 nitrogen and oxygen atoms in total. The molecule has 0 aromatic carbocycles. The van der Waals surface area contributed by atoms with Crippen LogP contribution < -0.4 is 5.32 Å². The highest BCUT2D eigenvalue weighted by molar-refractivity contribution is 7.99. The molecule has 1 aromatic rings. The third-order valence-corrected chi connectivity index (χ3v) is 4.00. The van der Waals surface area contributed by atoms with Gasteiger partial charge in [0.05, 0.1) is 18.6 Å². The van der Waals surface area contributed by atoms with Gasteiger partial charge in [-0.2, -0.15) is 11.8 Å². The molecule has 0 bridgehead atoms. The first-order valence-corrected chi connectivity index (χ1v) is 7.46. The first-order valence-electron chi connectivity index (χ1n) is 6.41. The lowest BCUT2D eigenvalue weighted by atomic mass is 10.0. The fourth-order valence-electron chi connectivity index (χ4n) is 1.98. The fraction of sp³-hybridized carbons (Fsp3) is 0.615. The minimum atomic E-state index is -0.364. The number of ether oxygens (including phenoxy) is 1. The molecule has 1 aromatic heterocycles. The van der Waals surface area contributed by atoms with Gasteiger partial charge in [0.25, 0.3) is 0 Å². The van der Waals surface area contributed by atoms with Crippen molar-refractivity contribution in [1.82, 2.24) is 15.3 Å². The summed E-state index contributed by atoms with van der Waals surface area (Å²) < 4.78 is 4.83. The standard InChI is InChI=1S/C13H19N3O2S/c1-8(2)19-7-11-15-10-6-14-5-4-9(10)12(16-11)13(17)18-3/h8,14H,4-7H2,1-3H3. The maximum Gasteiger partial charge on any atom is 0.357 e. The summed E-state index contributed by atoms with van der Waals surface area (Å²) in [5, 5.41) is 3.78. The van der Waals surface area contributed by atoms with Crippen molar-refractivity contribution in [3.8, 4) is 0 Å². The van der Waals surface area contributed by atoms with Gasteiger partial charge in [-0.3, -0.25) is 0 Å². The number of hydrogen-bond acceptors (Lipinski definition) is 6. The van der Waals surface area contributed by atoms with Gasteiger partial charge in [0.2, 0.25) is 0 Å². The number of carbonyl (C=O) groups is 1. The second-order valence-electron chi connectivity index (χ2n) is 4.69. The molecule has 1 aliphatic heterocycles. The molecule has 0 atom stereocenters. The third kappa shape index (κ3) is 3.45. The van der Waals surface area contributed by atoms with Gasteiger partial charge in [-0.25, -0.2) is 14.8 Å². The lowest BCUT2D eigenvalue weighted by Gasteiger charge is -2.19. The van der Waals surface area contributed by atoms with Gasteiger partial charge in [-0.1, -0.05) is 13.8 Å². The lowest BCUT2D eigenvalue weighted by molar-refractivity contribution is 0.0591. The van der Waals surface area contributed by atoms with Gasteiger partial charge in [0.15, 0.2) is 5.69 Å². The molecule has 0 radical (unpaired) electrons. The Hall–Kier alpha value is -1.14. The van der Waals surface area contributed by atoms with E-state index in [1.165, 1.54) is 7.11 Å². The van der Waals surface area contributed by atoms with E-state index in [9.17, 15) is 4.79 Å². The van der Waals surface area contributed by atoms with E-state index in [4.69, 9.17) is 4.74 Å². The normalized spacial score (nSPS) is 14.3. The van der Waals surface area contributed by atoms with Gasteiger partial charge in [0, 0.05) is 12.1 Å². The largest absolute Gasteiger partial charge is 0.464 e. The van der Waals surface area contributed by atoms with Gasteiger partial charge >= 0.3 is 5.97 Å². The van der Waals surface area contributed by atoms with Crippen LogP contribution in [0.3, 0.4) is 0 Å². The zero-order valence-corrected chi connectivity index (χ0v) is 12.3. The number of methoxy groups -OCH3 is 1. The highest BCUT2D eigenvalue weighted by Crippen LogP contribution is 2.20. The zero-order valence-electron chi connectivity index (χ0n) is 11.5. The van der Waals surface area contributed by atoms with Crippen LogP contribution >= 0.6 is 11.8 Å². The number of esters is 1. The Labute approximate surface area is 117 Å². The predicted molar refractivity (Wildman–Crippen MR) is 75.2 cm³/mol. The van der Waals surface area contributed by atoms with Crippen LogP contribution in [0.5, 0.6) is 0 Å². The number of carbonyl (C=O) groups excluding carboxylic acids is 1. The van der Waals surface area contributed by atoms with Crippen LogP contribution in [0.25, 0.3) is 0 Å². The van der Waals surface area contributed by atoms with Crippen LogP contribution in [0.15, 0.2) is 0 Å². The summed E-state index contributed by atoms with van der Waals surface area (Å²) in [6.07, 6.45) is 0.775. The number of fused-ring (bicyclic) bond motifs is 1. The number of thioether (sulfide) groups is 1. The molecule has 0 aliphatic carbocycles. The monoisotopic (exact) mass is 281 g/mol. The zero-order chi connectivity index (χ0) is 13.8. The Kier molecular flexibility index (Phi) is 4.76. The molecule has 2 heterocycles. The van der Waals surface area contributed by atoms with Crippen molar-refractivity contribution in [3.63, 3.8) is 0 Å². The summed E-state index contributed by atoms with van der Waals surface area (Å²) >= 11 is 1.77. The predicted octanol–water partition coefficient (Wildman–Crippen LogP) is 1.55.